The van der Waals surface area contributed by atoms with Crippen LogP contribution in [-0.4, -0.2) is 17.0 Å². The normalized spacial score (nSPS) is 12.8. The number of rotatable bonds is 7. The van der Waals surface area contributed by atoms with E-state index in [0.717, 1.165) is 5.56 Å². The van der Waals surface area contributed by atoms with Crippen molar-refractivity contribution in [3.05, 3.63) is 35.6 Å². The third kappa shape index (κ3) is 4.28. The minimum absolute atomic E-state index is 0.0547. The Morgan fingerprint density at radius 1 is 1.24 bits per heavy atom. The molecule has 5 heteroatoms. The molecule has 0 heterocycles. The van der Waals surface area contributed by atoms with Gasteiger partial charge in [-0.15, -0.1) is 0 Å². The molecule has 0 spiro atoms. The third-order valence-corrected chi connectivity index (χ3v) is 4.05. The van der Waals surface area contributed by atoms with Gasteiger partial charge in [0, 0.05) is 6.42 Å². The Morgan fingerprint density at radius 2 is 1.76 bits per heavy atom. The Morgan fingerprint density at radius 3 is 2.19 bits per heavy atom. The van der Waals surface area contributed by atoms with Gasteiger partial charge in [-0.05, 0) is 37.5 Å². The van der Waals surface area contributed by atoms with E-state index in [4.69, 9.17) is 0 Å². The molecule has 0 unspecified atom stereocenters. The summed E-state index contributed by atoms with van der Waals surface area (Å²) >= 11 is 0. The number of halogens is 1. The van der Waals surface area contributed by atoms with E-state index in [1.54, 1.807) is 32.9 Å². The van der Waals surface area contributed by atoms with Gasteiger partial charge in [0.2, 0.25) is 5.91 Å². The van der Waals surface area contributed by atoms with Crippen molar-refractivity contribution in [1.82, 2.24) is 5.32 Å². The highest BCUT2D eigenvalue weighted by Gasteiger charge is 2.37. The fourth-order valence-corrected chi connectivity index (χ4v) is 2.31. The number of benzene rings is 1. The first-order valence-electron chi connectivity index (χ1n) is 7.13. The van der Waals surface area contributed by atoms with E-state index in [9.17, 15) is 19.1 Å². The molecular formula is C16H22FNO3. The van der Waals surface area contributed by atoms with Crippen LogP contribution in [0.1, 0.15) is 51.6 Å². The monoisotopic (exact) mass is 295 g/mol. The molecule has 116 valence electrons. The maximum Gasteiger partial charge on any atom is 0.310 e. The molecule has 1 rings (SSSR count). The van der Waals surface area contributed by atoms with Crippen LogP contribution in [0.25, 0.3) is 0 Å². The van der Waals surface area contributed by atoms with Crippen molar-refractivity contribution in [2.45, 2.75) is 46.1 Å². The SMILES string of the molecule is CCC(CC)(CC(=O)N[C@H](C)c1ccc(F)cc1)C(=O)O. The highest BCUT2D eigenvalue weighted by atomic mass is 19.1. The molecule has 0 radical (unpaired) electrons. The zero-order valence-corrected chi connectivity index (χ0v) is 12.6. The molecule has 0 aromatic heterocycles. The second-order valence-electron chi connectivity index (χ2n) is 5.31. The Hall–Kier alpha value is -1.91. The van der Waals surface area contributed by atoms with Gasteiger partial charge in [-0.1, -0.05) is 26.0 Å². The highest BCUT2D eigenvalue weighted by molar-refractivity contribution is 5.85. The molecule has 0 fully saturated rings. The summed E-state index contributed by atoms with van der Waals surface area (Å²) in [6.07, 6.45) is 0.745. The van der Waals surface area contributed by atoms with Crippen molar-refractivity contribution in [3.63, 3.8) is 0 Å². The molecule has 1 amide bonds. The second-order valence-corrected chi connectivity index (χ2v) is 5.31. The highest BCUT2D eigenvalue weighted by Crippen LogP contribution is 2.31. The number of carbonyl (C=O) groups excluding carboxylic acids is 1. The molecule has 0 aliphatic heterocycles. The van der Waals surface area contributed by atoms with Crippen LogP contribution >= 0.6 is 0 Å². The van der Waals surface area contributed by atoms with Crippen LogP contribution < -0.4 is 5.32 Å². The van der Waals surface area contributed by atoms with Gasteiger partial charge in [-0.3, -0.25) is 9.59 Å². The Balaban J connectivity index is 2.72. The molecule has 2 N–H and O–H groups in total. The lowest BCUT2D eigenvalue weighted by atomic mass is 9.79. The van der Waals surface area contributed by atoms with Crippen molar-refractivity contribution in [2.75, 3.05) is 0 Å². The lowest BCUT2D eigenvalue weighted by Gasteiger charge is -2.26. The zero-order chi connectivity index (χ0) is 16.0. The van der Waals surface area contributed by atoms with Crippen molar-refractivity contribution < 1.29 is 19.1 Å². The number of carboxylic acids is 1. The van der Waals surface area contributed by atoms with Crippen LogP contribution in [0.2, 0.25) is 0 Å². The summed E-state index contributed by atoms with van der Waals surface area (Å²) < 4.78 is 12.9. The maximum atomic E-state index is 12.9. The molecule has 1 aromatic rings. The number of carbonyl (C=O) groups is 2. The Labute approximate surface area is 124 Å². The first-order valence-corrected chi connectivity index (χ1v) is 7.13. The first kappa shape index (κ1) is 17.1. The van der Waals surface area contributed by atoms with Crippen molar-refractivity contribution in [1.29, 1.82) is 0 Å². The van der Waals surface area contributed by atoms with Crippen LogP contribution in [0.5, 0.6) is 0 Å². The number of nitrogens with one attached hydrogen (secondary N) is 1. The van der Waals surface area contributed by atoms with Crippen LogP contribution in [-0.2, 0) is 9.59 Å². The molecule has 1 aromatic carbocycles. The van der Waals surface area contributed by atoms with Gasteiger partial charge < -0.3 is 10.4 Å². The topological polar surface area (TPSA) is 66.4 Å². The minimum atomic E-state index is -1.02. The predicted molar refractivity (Wildman–Crippen MR) is 78.2 cm³/mol. The quantitative estimate of drug-likeness (QED) is 0.811. The standard InChI is InChI=1S/C16H22FNO3/c1-4-16(5-2,15(20)21)10-14(19)18-11(3)12-6-8-13(17)9-7-12/h6-9,11H,4-5,10H2,1-3H3,(H,18,19)(H,20,21)/t11-/m1/s1. The largest absolute Gasteiger partial charge is 0.481 e. The van der Waals surface area contributed by atoms with Crippen LogP contribution in [0.4, 0.5) is 4.39 Å². The van der Waals surface area contributed by atoms with Gasteiger partial charge in [0.15, 0.2) is 0 Å². The lowest BCUT2D eigenvalue weighted by molar-refractivity contribution is -0.152. The van der Waals surface area contributed by atoms with Crippen molar-refractivity contribution >= 4 is 11.9 Å². The van der Waals surface area contributed by atoms with Gasteiger partial charge >= 0.3 is 5.97 Å². The smallest absolute Gasteiger partial charge is 0.310 e. The van der Waals surface area contributed by atoms with Crippen LogP contribution in [0.3, 0.4) is 0 Å². The van der Waals surface area contributed by atoms with Gasteiger partial charge in [-0.25, -0.2) is 4.39 Å². The van der Waals surface area contributed by atoms with Crippen molar-refractivity contribution in [2.24, 2.45) is 5.41 Å². The summed E-state index contributed by atoms with van der Waals surface area (Å²) in [4.78, 5) is 23.5. The molecule has 1 atom stereocenters. The van der Waals surface area contributed by atoms with Gasteiger partial charge in [0.05, 0.1) is 11.5 Å². The first-order chi connectivity index (χ1) is 9.84. The van der Waals surface area contributed by atoms with E-state index in [1.807, 2.05) is 0 Å². The molecule has 0 aliphatic carbocycles. The van der Waals surface area contributed by atoms with Crippen LogP contribution in [0, 0.1) is 11.2 Å². The van der Waals surface area contributed by atoms with E-state index in [2.05, 4.69) is 5.32 Å². The van der Waals surface area contributed by atoms with E-state index >= 15 is 0 Å². The van der Waals surface area contributed by atoms with Gasteiger partial charge in [-0.2, -0.15) is 0 Å². The predicted octanol–water partition coefficient (Wildman–Crippen LogP) is 3.28. The zero-order valence-electron chi connectivity index (χ0n) is 12.6. The third-order valence-electron chi connectivity index (χ3n) is 4.05. The average Bonchev–Trinajstić information content (AvgIpc) is 2.45. The second kappa shape index (κ2) is 7.20. The average molecular weight is 295 g/mol. The molecule has 0 saturated heterocycles. The van der Waals surface area contributed by atoms with Crippen LogP contribution in [0.15, 0.2) is 24.3 Å². The molecule has 0 bridgehead atoms. The van der Waals surface area contributed by atoms with E-state index in [-0.39, 0.29) is 24.2 Å². The molecule has 0 aliphatic rings. The molecule has 0 saturated carbocycles. The van der Waals surface area contributed by atoms with E-state index in [0.29, 0.717) is 12.8 Å². The number of carboxylic acid groups (broad SMARTS) is 1. The Kier molecular flexibility index (Phi) is 5.88. The fourth-order valence-electron chi connectivity index (χ4n) is 2.31. The number of hydrogen-bond donors (Lipinski definition) is 2. The van der Waals surface area contributed by atoms with Crippen molar-refractivity contribution in [3.8, 4) is 0 Å². The van der Waals surface area contributed by atoms with Gasteiger partial charge in [0.1, 0.15) is 5.82 Å². The number of aliphatic carboxylic acids is 1. The minimum Gasteiger partial charge on any atom is -0.481 e. The number of amides is 1. The molecule has 4 nitrogen and oxygen atoms in total. The van der Waals surface area contributed by atoms with E-state index < -0.39 is 11.4 Å². The summed E-state index contributed by atoms with van der Waals surface area (Å²) in [5, 5.41) is 12.1. The summed E-state index contributed by atoms with van der Waals surface area (Å²) in [6, 6.07) is 5.57. The fraction of sp³-hybridized carbons (Fsp3) is 0.500. The maximum absolute atomic E-state index is 12.9. The number of hydrogen-bond acceptors (Lipinski definition) is 2. The lowest BCUT2D eigenvalue weighted by Crippen LogP contribution is -2.37. The van der Waals surface area contributed by atoms with Gasteiger partial charge in [0.25, 0.3) is 0 Å². The summed E-state index contributed by atoms with van der Waals surface area (Å²) in [6.45, 7) is 5.33. The summed E-state index contributed by atoms with van der Waals surface area (Å²) in [7, 11) is 0. The molecule has 21 heavy (non-hydrogen) atoms. The summed E-state index contributed by atoms with van der Waals surface area (Å²) in [5.74, 6) is -1.59. The molecular weight excluding hydrogens is 273 g/mol. The summed E-state index contributed by atoms with van der Waals surface area (Å²) in [5.41, 5.74) is -0.245. The Bertz CT molecular complexity index is 495. The van der Waals surface area contributed by atoms with E-state index in [1.165, 1.54) is 12.1 Å².